The summed E-state index contributed by atoms with van der Waals surface area (Å²) < 4.78 is 0. The zero-order valence-electron chi connectivity index (χ0n) is 9.18. The highest BCUT2D eigenvalue weighted by Gasteiger charge is 2.55. The van der Waals surface area contributed by atoms with Crippen LogP contribution in [0, 0.1) is 23.7 Å². The Labute approximate surface area is 93.3 Å². The van der Waals surface area contributed by atoms with Crippen LogP contribution >= 0.6 is 0 Å². The van der Waals surface area contributed by atoms with E-state index in [0.717, 1.165) is 11.1 Å². The molecule has 86 valence electrons. The van der Waals surface area contributed by atoms with Crippen molar-refractivity contribution < 1.29 is 19.8 Å². The van der Waals surface area contributed by atoms with Gasteiger partial charge in [0.05, 0.1) is 11.8 Å². The van der Waals surface area contributed by atoms with Crippen molar-refractivity contribution in [1.29, 1.82) is 0 Å². The Hall–Kier alpha value is -1.58. The molecular formula is C12H14O4. The molecule has 2 aliphatic carbocycles. The van der Waals surface area contributed by atoms with Crippen LogP contribution in [0.2, 0.25) is 0 Å². The summed E-state index contributed by atoms with van der Waals surface area (Å²) in [5.41, 5.74) is 2.02. The molecule has 4 heteroatoms. The minimum atomic E-state index is -1.01. The summed E-state index contributed by atoms with van der Waals surface area (Å²) in [6.45, 7) is 3.82. The maximum Gasteiger partial charge on any atom is 0.308 e. The van der Waals surface area contributed by atoms with E-state index in [9.17, 15) is 9.59 Å². The minimum Gasteiger partial charge on any atom is -0.481 e. The number of carboxylic acid groups (broad SMARTS) is 2. The maximum absolute atomic E-state index is 11.2. The highest BCUT2D eigenvalue weighted by Crippen LogP contribution is 2.53. The summed E-state index contributed by atoms with van der Waals surface area (Å²) >= 11 is 0. The van der Waals surface area contributed by atoms with E-state index in [1.807, 2.05) is 26.0 Å². The number of allylic oxidation sites excluding steroid dienone is 4. The van der Waals surface area contributed by atoms with Gasteiger partial charge in [-0.05, 0) is 13.8 Å². The first-order valence-corrected chi connectivity index (χ1v) is 5.26. The fourth-order valence-electron chi connectivity index (χ4n) is 3.02. The SMILES string of the molecule is CC(C)=C1[C@H]2C=C[C@H]1[C@@H](C(=O)O)[C@H]2C(=O)O. The van der Waals surface area contributed by atoms with Crippen molar-refractivity contribution in [3.8, 4) is 0 Å². The van der Waals surface area contributed by atoms with Crippen molar-refractivity contribution >= 4 is 11.9 Å². The number of carboxylic acids is 2. The van der Waals surface area contributed by atoms with Gasteiger partial charge in [0.25, 0.3) is 0 Å². The molecular weight excluding hydrogens is 208 g/mol. The second kappa shape index (κ2) is 3.47. The van der Waals surface area contributed by atoms with E-state index >= 15 is 0 Å². The Kier molecular flexibility index (Phi) is 2.37. The van der Waals surface area contributed by atoms with E-state index in [1.54, 1.807) is 0 Å². The third-order valence-corrected chi connectivity index (χ3v) is 3.55. The van der Waals surface area contributed by atoms with E-state index in [-0.39, 0.29) is 11.8 Å². The first-order chi connectivity index (χ1) is 7.45. The quantitative estimate of drug-likeness (QED) is 0.695. The first-order valence-electron chi connectivity index (χ1n) is 5.26. The molecule has 0 aromatic rings. The second-order valence-electron chi connectivity index (χ2n) is 4.62. The molecule has 2 N–H and O–H groups in total. The topological polar surface area (TPSA) is 74.6 Å². The van der Waals surface area contributed by atoms with Crippen molar-refractivity contribution in [2.45, 2.75) is 13.8 Å². The van der Waals surface area contributed by atoms with Crippen molar-refractivity contribution in [3.63, 3.8) is 0 Å². The summed E-state index contributed by atoms with van der Waals surface area (Å²) in [6, 6.07) is 0. The molecule has 0 spiro atoms. The average Bonchev–Trinajstić information content (AvgIpc) is 2.70. The molecule has 0 unspecified atom stereocenters. The number of aliphatic carboxylic acids is 2. The van der Waals surface area contributed by atoms with Crippen molar-refractivity contribution in [2.24, 2.45) is 23.7 Å². The molecule has 0 aromatic heterocycles. The van der Waals surface area contributed by atoms with Crippen LogP contribution in [-0.2, 0) is 9.59 Å². The fraction of sp³-hybridized carbons (Fsp3) is 0.500. The summed E-state index contributed by atoms with van der Waals surface area (Å²) in [5, 5.41) is 18.3. The lowest BCUT2D eigenvalue weighted by molar-refractivity contribution is -0.154. The van der Waals surface area contributed by atoms with E-state index < -0.39 is 23.8 Å². The predicted molar refractivity (Wildman–Crippen MR) is 56.7 cm³/mol. The van der Waals surface area contributed by atoms with Crippen LogP contribution in [0.25, 0.3) is 0 Å². The molecule has 2 aliphatic rings. The molecule has 0 aromatic carbocycles. The molecule has 4 nitrogen and oxygen atoms in total. The molecule has 0 amide bonds. The number of hydrogen-bond donors (Lipinski definition) is 2. The second-order valence-corrected chi connectivity index (χ2v) is 4.62. The van der Waals surface area contributed by atoms with Crippen molar-refractivity contribution in [1.82, 2.24) is 0 Å². The van der Waals surface area contributed by atoms with Gasteiger partial charge in [-0.1, -0.05) is 23.3 Å². The molecule has 0 radical (unpaired) electrons. The number of carbonyl (C=O) groups is 2. The molecule has 4 atom stereocenters. The van der Waals surface area contributed by atoms with Gasteiger partial charge in [0.1, 0.15) is 0 Å². The molecule has 1 saturated carbocycles. The minimum absolute atomic E-state index is 0.228. The van der Waals surface area contributed by atoms with E-state index in [0.29, 0.717) is 0 Å². The molecule has 0 heterocycles. The van der Waals surface area contributed by atoms with E-state index in [4.69, 9.17) is 10.2 Å². The van der Waals surface area contributed by atoms with Crippen molar-refractivity contribution in [2.75, 3.05) is 0 Å². The summed E-state index contributed by atoms with van der Waals surface area (Å²) in [7, 11) is 0. The van der Waals surface area contributed by atoms with Crippen LogP contribution in [0.15, 0.2) is 23.3 Å². The summed E-state index contributed by atoms with van der Waals surface area (Å²) in [5.74, 6) is -4.09. The lowest BCUT2D eigenvalue weighted by Crippen LogP contribution is -2.32. The Balaban J connectivity index is 2.50. The third kappa shape index (κ3) is 1.29. The van der Waals surface area contributed by atoms with E-state index in [2.05, 4.69) is 0 Å². The Bertz CT molecular complexity index is 383. The van der Waals surface area contributed by atoms with Crippen LogP contribution in [-0.4, -0.2) is 22.2 Å². The van der Waals surface area contributed by atoms with Gasteiger partial charge in [-0.2, -0.15) is 0 Å². The maximum atomic E-state index is 11.2. The van der Waals surface area contributed by atoms with Crippen molar-refractivity contribution in [3.05, 3.63) is 23.3 Å². The van der Waals surface area contributed by atoms with Gasteiger partial charge in [0.15, 0.2) is 0 Å². The third-order valence-electron chi connectivity index (χ3n) is 3.55. The number of fused-ring (bicyclic) bond motifs is 2. The van der Waals surface area contributed by atoms with Crippen LogP contribution in [0.4, 0.5) is 0 Å². The summed E-state index contributed by atoms with van der Waals surface area (Å²) in [4.78, 5) is 22.3. The Morgan fingerprint density at radius 1 is 1.00 bits per heavy atom. The van der Waals surface area contributed by atoms with Gasteiger partial charge >= 0.3 is 11.9 Å². The fourth-order valence-corrected chi connectivity index (χ4v) is 3.02. The van der Waals surface area contributed by atoms with Gasteiger partial charge in [-0.3, -0.25) is 9.59 Å². The molecule has 0 saturated heterocycles. The largest absolute Gasteiger partial charge is 0.481 e. The molecule has 2 bridgehead atoms. The van der Waals surface area contributed by atoms with Crippen LogP contribution in [0.3, 0.4) is 0 Å². The normalized spacial score (nSPS) is 35.5. The van der Waals surface area contributed by atoms with Gasteiger partial charge in [-0.25, -0.2) is 0 Å². The zero-order valence-corrected chi connectivity index (χ0v) is 9.18. The molecule has 2 rings (SSSR count). The number of hydrogen-bond acceptors (Lipinski definition) is 2. The molecule has 0 aliphatic heterocycles. The lowest BCUT2D eigenvalue weighted by atomic mass is 9.83. The lowest BCUT2D eigenvalue weighted by Gasteiger charge is -2.19. The van der Waals surface area contributed by atoms with Gasteiger partial charge in [0, 0.05) is 11.8 Å². The average molecular weight is 222 g/mol. The van der Waals surface area contributed by atoms with Crippen LogP contribution in [0.1, 0.15) is 13.8 Å². The highest BCUT2D eigenvalue weighted by molar-refractivity contribution is 5.84. The highest BCUT2D eigenvalue weighted by atomic mass is 16.4. The van der Waals surface area contributed by atoms with Gasteiger partial charge < -0.3 is 10.2 Å². The molecule has 1 fully saturated rings. The van der Waals surface area contributed by atoms with Gasteiger partial charge in [-0.15, -0.1) is 0 Å². The van der Waals surface area contributed by atoms with Crippen LogP contribution in [0.5, 0.6) is 0 Å². The van der Waals surface area contributed by atoms with Gasteiger partial charge in [0.2, 0.25) is 0 Å². The Morgan fingerprint density at radius 3 is 1.62 bits per heavy atom. The number of rotatable bonds is 2. The zero-order chi connectivity index (χ0) is 12.0. The van der Waals surface area contributed by atoms with E-state index in [1.165, 1.54) is 0 Å². The standard InChI is InChI=1S/C12H14O4/c1-5(2)8-6-3-4-7(8)10(12(15)16)9(6)11(13)14/h3-4,6-7,9-10H,1-2H3,(H,13,14)(H,15,16)/t6-,7-,9-,10+/m1/s1. The molecule has 16 heavy (non-hydrogen) atoms. The predicted octanol–water partition coefficient (Wildman–Crippen LogP) is 1.54. The monoisotopic (exact) mass is 222 g/mol. The smallest absolute Gasteiger partial charge is 0.308 e. The first kappa shape index (κ1) is 10.9. The Morgan fingerprint density at radius 2 is 1.38 bits per heavy atom. The van der Waals surface area contributed by atoms with Crippen LogP contribution < -0.4 is 0 Å². The summed E-state index contributed by atoms with van der Waals surface area (Å²) in [6.07, 6.45) is 3.68.